The number of para-hydroxylation sites is 4. The van der Waals surface area contributed by atoms with E-state index in [0.29, 0.717) is 16.5 Å². The minimum absolute atomic E-state index is 0.202. The number of benzene rings is 10. The van der Waals surface area contributed by atoms with E-state index >= 15 is 0 Å². The third-order valence-electron chi connectivity index (χ3n) is 14.3. The molecule has 4 aromatic heterocycles. The third-order valence-corrected chi connectivity index (χ3v) is 15.4. The molecule has 0 aliphatic carbocycles. The van der Waals surface area contributed by atoms with Crippen molar-refractivity contribution >= 4 is 163 Å². The Morgan fingerprint density at radius 3 is 1.32 bits per heavy atom. The molecule has 0 aliphatic heterocycles. The lowest BCUT2D eigenvalue weighted by molar-refractivity contribution is 1.16. The maximum Gasteiger partial charge on any atom is 0.113 e. The first-order valence-electron chi connectivity index (χ1n) is 23.0. The molecular formula is C60H32B5N3S. The van der Waals surface area contributed by atoms with E-state index in [-0.39, 0.29) is 16.4 Å². The number of fused-ring (bicyclic) bond motifs is 12. The lowest BCUT2D eigenvalue weighted by Crippen LogP contribution is -2.55. The van der Waals surface area contributed by atoms with Crippen LogP contribution in [0.4, 0.5) is 0 Å². The molecule has 14 rings (SSSR count). The molecule has 308 valence electrons. The Morgan fingerprint density at radius 2 is 0.739 bits per heavy atom. The van der Waals surface area contributed by atoms with Gasteiger partial charge in [0, 0.05) is 63.9 Å². The molecule has 0 fully saturated rings. The van der Waals surface area contributed by atoms with Crippen LogP contribution in [0.15, 0.2) is 194 Å². The lowest BCUT2D eigenvalue weighted by atomic mass is 9.59. The fourth-order valence-corrected chi connectivity index (χ4v) is 12.2. The maximum atomic E-state index is 6.52. The molecule has 0 bridgehead atoms. The summed E-state index contributed by atoms with van der Waals surface area (Å²) in [5, 5.41) is 9.70. The van der Waals surface area contributed by atoms with Crippen molar-refractivity contribution in [2.24, 2.45) is 0 Å². The minimum Gasteiger partial charge on any atom is -0.309 e. The van der Waals surface area contributed by atoms with Crippen LogP contribution in [0.3, 0.4) is 0 Å². The largest absolute Gasteiger partial charge is 0.309 e. The zero-order valence-electron chi connectivity index (χ0n) is 37.1. The zero-order valence-corrected chi connectivity index (χ0v) is 37.9. The zero-order chi connectivity index (χ0) is 46.2. The summed E-state index contributed by atoms with van der Waals surface area (Å²) in [6, 6.07) is 70.4. The van der Waals surface area contributed by atoms with E-state index in [2.05, 4.69) is 196 Å². The second-order valence-electron chi connectivity index (χ2n) is 18.0. The molecule has 4 heterocycles. The van der Waals surface area contributed by atoms with Gasteiger partial charge in [-0.2, -0.15) is 0 Å². The molecule has 9 heteroatoms. The molecule has 0 aliphatic rings. The molecule has 0 spiro atoms. The van der Waals surface area contributed by atoms with Gasteiger partial charge in [0.1, 0.15) is 39.2 Å². The summed E-state index contributed by atoms with van der Waals surface area (Å²) < 4.78 is 9.70. The van der Waals surface area contributed by atoms with E-state index in [1.807, 2.05) is 23.5 Å². The highest BCUT2D eigenvalue weighted by atomic mass is 32.1. The van der Waals surface area contributed by atoms with Gasteiger partial charge < -0.3 is 13.7 Å². The fourth-order valence-electron chi connectivity index (χ4n) is 11.1. The van der Waals surface area contributed by atoms with Gasteiger partial charge in [0.2, 0.25) is 0 Å². The molecule has 0 amide bonds. The topological polar surface area (TPSA) is 14.8 Å². The molecule has 69 heavy (non-hydrogen) atoms. The lowest BCUT2D eigenvalue weighted by Gasteiger charge is -2.21. The number of hydrogen-bond donors (Lipinski definition) is 0. The van der Waals surface area contributed by atoms with E-state index in [9.17, 15) is 0 Å². The minimum atomic E-state index is 0.202. The first-order chi connectivity index (χ1) is 33.8. The Kier molecular flexibility index (Phi) is 8.79. The van der Waals surface area contributed by atoms with Crippen molar-refractivity contribution in [1.29, 1.82) is 0 Å². The summed E-state index contributed by atoms with van der Waals surface area (Å²) in [6.45, 7) is 0. The summed E-state index contributed by atoms with van der Waals surface area (Å²) in [4.78, 5) is 0. The van der Waals surface area contributed by atoms with Gasteiger partial charge in [-0.15, -0.1) is 27.7 Å². The third kappa shape index (κ3) is 5.81. The highest BCUT2D eigenvalue weighted by Crippen LogP contribution is 2.44. The van der Waals surface area contributed by atoms with Crippen molar-refractivity contribution in [3.05, 3.63) is 194 Å². The Balaban J connectivity index is 0.932. The maximum absolute atomic E-state index is 6.52. The molecule has 0 saturated heterocycles. The average Bonchev–Trinajstić information content (AvgIpc) is 4.13. The summed E-state index contributed by atoms with van der Waals surface area (Å²) in [5.41, 5.74) is 15.2. The first kappa shape index (κ1) is 40.2. The van der Waals surface area contributed by atoms with Crippen LogP contribution in [0, 0.1) is 0 Å². The van der Waals surface area contributed by atoms with Crippen molar-refractivity contribution in [2.45, 2.75) is 0 Å². The monoisotopic (exact) mass is 881 g/mol. The van der Waals surface area contributed by atoms with Gasteiger partial charge in [-0.05, 0) is 113 Å². The summed E-state index contributed by atoms with van der Waals surface area (Å²) in [5.74, 6) is 0. The van der Waals surface area contributed by atoms with Crippen molar-refractivity contribution in [1.82, 2.24) is 13.7 Å². The predicted molar refractivity (Wildman–Crippen MR) is 300 cm³/mol. The molecular weight excluding hydrogens is 849 g/mol. The van der Waals surface area contributed by atoms with Crippen LogP contribution in [0.25, 0.3) is 125 Å². The van der Waals surface area contributed by atoms with E-state index in [4.69, 9.17) is 39.2 Å². The Labute approximate surface area is 408 Å². The SMILES string of the molecule is [B]c1c([B])c([B])c(-c2cccc(-c3ccc4sc5cccc(-n6c7ccccc7c7cc(-n8c9ccccc9c9cc(-n%10c%11ccccc%11c%11ccccc%11%10)ccc98)ccc76)c5c4c3)c2)c([B])c1[B]. The number of hydrogen-bond acceptors (Lipinski definition) is 1. The Morgan fingerprint density at radius 1 is 0.290 bits per heavy atom. The van der Waals surface area contributed by atoms with Gasteiger partial charge in [-0.25, -0.2) is 0 Å². The van der Waals surface area contributed by atoms with Crippen LogP contribution in [-0.2, 0) is 0 Å². The molecule has 10 radical (unpaired) electrons. The molecule has 10 aromatic carbocycles. The summed E-state index contributed by atoms with van der Waals surface area (Å²) in [7, 11) is 31.8. The van der Waals surface area contributed by atoms with Crippen LogP contribution < -0.4 is 27.3 Å². The van der Waals surface area contributed by atoms with Crippen LogP contribution in [0.1, 0.15) is 0 Å². The number of thiophene rings is 1. The average molecular weight is 881 g/mol. The molecule has 0 saturated carbocycles. The van der Waals surface area contributed by atoms with Crippen molar-refractivity contribution in [3.63, 3.8) is 0 Å². The van der Waals surface area contributed by atoms with Crippen molar-refractivity contribution in [2.75, 3.05) is 0 Å². The quantitative estimate of drug-likeness (QED) is 0.153. The van der Waals surface area contributed by atoms with E-state index in [1.54, 1.807) is 0 Å². The highest BCUT2D eigenvalue weighted by Gasteiger charge is 2.21. The van der Waals surface area contributed by atoms with E-state index in [1.165, 1.54) is 69.0 Å². The molecule has 3 nitrogen and oxygen atoms in total. The van der Waals surface area contributed by atoms with Gasteiger partial charge in [-0.3, -0.25) is 0 Å². The summed E-state index contributed by atoms with van der Waals surface area (Å²) >= 11 is 1.81. The molecule has 0 N–H and O–H groups in total. The smallest absolute Gasteiger partial charge is 0.113 e. The van der Waals surface area contributed by atoms with Gasteiger partial charge in [0.25, 0.3) is 0 Å². The standard InChI is InChI=1S/C60H32B5N3S/c61-56-54(57(62)59(64)60(65)58(56)63)35-12-9-11-33(29-35)34-23-28-52-44(30-34)55-51(21-10-22-53(55)69-52)68-48-20-8-4-16-41(48)43-32-37(25-27-50(43)68)67-47-19-7-3-15-40(47)42-31-36(24-26-49(42)67)66-45-17-5-1-13-38(45)39-14-2-6-18-46(39)66/h1-32H. The van der Waals surface area contributed by atoms with Gasteiger partial charge in [0.05, 0.1) is 38.8 Å². The second-order valence-corrected chi connectivity index (χ2v) is 19.0. The van der Waals surface area contributed by atoms with Gasteiger partial charge in [0.15, 0.2) is 0 Å². The van der Waals surface area contributed by atoms with Crippen LogP contribution in [0.5, 0.6) is 0 Å². The number of aromatic nitrogens is 3. The predicted octanol–water partition coefficient (Wildman–Crippen LogP) is 10.6. The van der Waals surface area contributed by atoms with Crippen molar-refractivity contribution < 1.29 is 0 Å². The van der Waals surface area contributed by atoms with E-state index in [0.717, 1.165) is 50.3 Å². The molecule has 14 aromatic rings. The molecule has 0 unspecified atom stereocenters. The van der Waals surface area contributed by atoms with Gasteiger partial charge >= 0.3 is 0 Å². The fraction of sp³-hybridized carbons (Fsp3) is 0. The Hall–Kier alpha value is -7.86. The van der Waals surface area contributed by atoms with Crippen LogP contribution in [-0.4, -0.2) is 52.9 Å². The van der Waals surface area contributed by atoms with Crippen molar-refractivity contribution in [3.8, 4) is 39.3 Å². The second kappa shape index (κ2) is 15.1. The normalized spacial score (nSPS) is 12.1. The number of rotatable bonds is 5. The van der Waals surface area contributed by atoms with Crippen LogP contribution in [0.2, 0.25) is 0 Å². The van der Waals surface area contributed by atoms with E-state index < -0.39 is 0 Å². The first-order valence-corrected chi connectivity index (χ1v) is 23.8. The summed E-state index contributed by atoms with van der Waals surface area (Å²) in [6.07, 6.45) is 0. The molecule has 0 atom stereocenters. The van der Waals surface area contributed by atoms with Crippen LogP contribution >= 0.6 is 11.3 Å². The number of nitrogens with zero attached hydrogens (tertiary/aromatic N) is 3. The highest BCUT2D eigenvalue weighted by molar-refractivity contribution is 7.25. The Bertz CT molecular complexity index is 4430. The van der Waals surface area contributed by atoms with Gasteiger partial charge in [-0.1, -0.05) is 114 Å².